The van der Waals surface area contributed by atoms with E-state index in [1.54, 1.807) is 6.92 Å². The molecule has 0 bridgehead atoms. The van der Waals surface area contributed by atoms with Crippen molar-refractivity contribution in [2.45, 2.75) is 24.6 Å². The molecule has 1 aromatic rings. The summed E-state index contributed by atoms with van der Waals surface area (Å²) in [4.78, 5) is 11.0. The monoisotopic (exact) mass is 274 g/mol. The summed E-state index contributed by atoms with van der Waals surface area (Å²) in [6.45, 7) is 3.58. The summed E-state index contributed by atoms with van der Waals surface area (Å²) in [5.74, 6) is 0.534. The molecule has 76 valence electrons. The van der Waals surface area contributed by atoms with Gasteiger partial charge in [0.05, 0.1) is 4.83 Å². The fourth-order valence-corrected chi connectivity index (χ4v) is 1.99. The molecule has 0 aliphatic carbocycles. The molecule has 1 atom stereocenters. The van der Waals surface area contributed by atoms with Gasteiger partial charge in [-0.25, -0.2) is 0 Å². The molecule has 0 N–H and O–H groups in total. The number of aryl methyl sites for hydroxylation is 1. The van der Waals surface area contributed by atoms with Crippen molar-refractivity contribution in [2.24, 2.45) is 0 Å². The maximum atomic E-state index is 11.2. The van der Waals surface area contributed by atoms with Crippen LogP contribution in [0.25, 0.3) is 0 Å². The molecule has 0 aliphatic rings. The zero-order valence-corrected chi connectivity index (χ0v) is 10.5. The molecular weight excluding hydrogens is 263 g/mol. The molecule has 0 radical (unpaired) electrons. The number of hydrogen-bond acceptors (Lipinski definition) is 1. The minimum Gasteiger partial charge on any atom is -0.298 e. The van der Waals surface area contributed by atoms with Gasteiger partial charge in [-0.3, -0.25) is 4.79 Å². The summed E-state index contributed by atoms with van der Waals surface area (Å²) in [5, 5.41) is 0. The van der Waals surface area contributed by atoms with E-state index in [4.69, 9.17) is 11.6 Å². The van der Waals surface area contributed by atoms with Gasteiger partial charge in [-0.05, 0) is 25.0 Å². The van der Waals surface area contributed by atoms with Crippen LogP contribution < -0.4 is 0 Å². The fraction of sp³-hybridized carbons (Fsp3) is 0.364. The second-order valence-corrected chi connectivity index (χ2v) is 4.49. The standard InChI is InChI=1S/C11H12BrClO/c1-7-3-4-10(9(5-7)6-13)11(12)8(2)14/h3-5,11H,6H2,1-2H3. The van der Waals surface area contributed by atoms with Crippen molar-refractivity contribution in [2.75, 3.05) is 0 Å². The van der Waals surface area contributed by atoms with E-state index < -0.39 is 0 Å². The van der Waals surface area contributed by atoms with Crippen molar-refractivity contribution < 1.29 is 4.79 Å². The highest BCUT2D eigenvalue weighted by atomic mass is 79.9. The van der Waals surface area contributed by atoms with Gasteiger partial charge < -0.3 is 0 Å². The number of rotatable bonds is 3. The number of halogens is 2. The third-order valence-electron chi connectivity index (χ3n) is 2.07. The van der Waals surface area contributed by atoms with Gasteiger partial charge in [0.25, 0.3) is 0 Å². The molecule has 1 unspecified atom stereocenters. The van der Waals surface area contributed by atoms with Gasteiger partial charge in [0.1, 0.15) is 5.78 Å². The van der Waals surface area contributed by atoms with Crippen LogP contribution in [-0.4, -0.2) is 5.78 Å². The van der Waals surface area contributed by atoms with Crippen molar-refractivity contribution in [1.82, 2.24) is 0 Å². The third-order valence-corrected chi connectivity index (χ3v) is 3.50. The number of alkyl halides is 2. The van der Waals surface area contributed by atoms with E-state index in [0.717, 1.165) is 16.7 Å². The van der Waals surface area contributed by atoms with Crippen LogP contribution in [0.15, 0.2) is 18.2 Å². The highest BCUT2D eigenvalue weighted by Gasteiger charge is 2.15. The zero-order valence-electron chi connectivity index (χ0n) is 8.18. The predicted molar refractivity (Wildman–Crippen MR) is 63.1 cm³/mol. The summed E-state index contributed by atoms with van der Waals surface area (Å²) in [6.07, 6.45) is 0. The average Bonchev–Trinajstić information content (AvgIpc) is 2.16. The first-order chi connectivity index (χ1) is 6.56. The molecule has 0 spiro atoms. The number of Topliss-reactive ketones (excluding diaryl/α,β-unsaturated/α-hetero) is 1. The molecule has 3 heteroatoms. The van der Waals surface area contributed by atoms with Gasteiger partial charge in [-0.15, -0.1) is 11.6 Å². The van der Waals surface area contributed by atoms with E-state index in [1.807, 2.05) is 25.1 Å². The second kappa shape index (κ2) is 4.94. The lowest BCUT2D eigenvalue weighted by molar-refractivity contribution is -0.116. The average molecular weight is 276 g/mol. The normalized spacial score (nSPS) is 12.6. The lowest BCUT2D eigenvalue weighted by Gasteiger charge is -2.11. The molecular formula is C11H12BrClO. The van der Waals surface area contributed by atoms with E-state index in [0.29, 0.717) is 5.88 Å². The van der Waals surface area contributed by atoms with Gasteiger partial charge in [0, 0.05) is 5.88 Å². The number of hydrogen-bond donors (Lipinski definition) is 0. The Morgan fingerprint density at radius 1 is 1.57 bits per heavy atom. The molecule has 1 rings (SSSR count). The van der Waals surface area contributed by atoms with Crippen LogP contribution in [0.1, 0.15) is 28.4 Å². The quantitative estimate of drug-likeness (QED) is 0.768. The van der Waals surface area contributed by atoms with Crippen LogP contribution in [-0.2, 0) is 10.7 Å². The summed E-state index contributed by atoms with van der Waals surface area (Å²) in [7, 11) is 0. The number of benzene rings is 1. The van der Waals surface area contributed by atoms with E-state index >= 15 is 0 Å². The Hall–Kier alpha value is -0.340. The largest absolute Gasteiger partial charge is 0.298 e. The molecule has 0 aliphatic heterocycles. The van der Waals surface area contributed by atoms with Crippen LogP contribution in [0, 0.1) is 6.92 Å². The van der Waals surface area contributed by atoms with Gasteiger partial charge in [-0.2, -0.15) is 0 Å². The third kappa shape index (κ3) is 2.58. The minimum absolute atomic E-state index is 0.0974. The van der Waals surface area contributed by atoms with Crippen LogP contribution in [0.5, 0.6) is 0 Å². The van der Waals surface area contributed by atoms with E-state index in [2.05, 4.69) is 15.9 Å². The lowest BCUT2D eigenvalue weighted by Crippen LogP contribution is -2.04. The Kier molecular flexibility index (Phi) is 4.14. The first-order valence-electron chi connectivity index (χ1n) is 4.36. The number of ketones is 1. The van der Waals surface area contributed by atoms with Gasteiger partial charge in [0.2, 0.25) is 0 Å². The molecule has 0 amide bonds. The van der Waals surface area contributed by atoms with E-state index in [-0.39, 0.29) is 10.6 Å². The summed E-state index contributed by atoms with van der Waals surface area (Å²) in [6, 6.07) is 5.95. The highest BCUT2D eigenvalue weighted by Crippen LogP contribution is 2.28. The summed E-state index contributed by atoms with van der Waals surface area (Å²) >= 11 is 9.18. The maximum absolute atomic E-state index is 11.2. The van der Waals surface area contributed by atoms with Crippen molar-refractivity contribution in [3.05, 3.63) is 34.9 Å². The Balaban J connectivity index is 3.13. The van der Waals surface area contributed by atoms with Crippen molar-refractivity contribution in [1.29, 1.82) is 0 Å². The van der Waals surface area contributed by atoms with Gasteiger partial charge >= 0.3 is 0 Å². The first kappa shape index (κ1) is 11.7. The fourth-order valence-electron chi connectivity index (χ4n) is 1.32. The number of carbonyl (C=O) groups is 1. The summed E-state index contributed by atoms with van der Waals surface area (Å²) in [5.41, 5.74) is 3.15. The second-order valence-electron chi connectivity index (χ2n) is 3.31. The Bertz CT molecular complexity index is 349. The Morgan fingerprint density at radius 3 is 2.71 bits per heavy atom. The molecule has 0 heterocycles. The number of carbonyl (C=O) groups excluding carboxylic acids is 1. The molecule has 0 saturated carbocycles. The topological polar surface area (TPSA) is 17.1 Å². The molecule has 1 nitrogen and oxygen atoms in total. The lowest BCUT2D eigenvalue weighted by atomic mass is 10.0. The van der Waals surface area contributed by atoms with Crippen molar-refractivity contribution in [3.63, 3.8) is 0 Å². The predicted octanol–water partition coefficient (Wildman–Crippen LogP) is 3.76. The molecule has 1 aromatic carbocycles. The minimum atomic E-state index is -0.239. The smallest absolute Gasteiger partial charge is 0.147 e. The van der Waals surface area contributed by atoms with Crippen LogP contribution >= 0.6 is 27.5 Å². The first-order valence-corrected chi connectivity index (χ1v) is 5.81. The van der Waals surface area contributed by atoms with E-state index in [1.165, 1.54) is 0 Å². The highest BCUT2D eigenvalue weighted by molar-refractivity contribution is 9.09. The van der Waals surface area contributed by atoms with Crippen molar-refractivity contribution in [3.8, 4) is 0 Å². The molecule has 0 fully saturated rings. The molecule has 0 aromatic heterocycles. The van der Waals surface area contributed by atoms with Gasteiger partial charge in [0.15, 0.2) is 0 Å². The SMILES string of the molecule is CC(=O)C(Br)c1ccc(C)cc1CCl. The van der Waals surface area contributed by atoms with Crippen LogP contribution in [0.3, 0.4) is 0 Å². The van der Waals surface area contributed by atoms with Crippen LogP contribution in [0.4, 0.5) is 0 Å². The van der Waals surface area contributed by atoms with Gasteiger partial charge in [-0.1, -0.05) is 39.7 Å². The van der Waals surface area contributed by atoms with Crippen LogP contribution in [0.2, 0.25) is 0 Å². The van der Waals surface area contributed by atoms with Crippen molar-refractivity contribution >= 4 is 33.3 Å². The zero-order chi connectivity index (χ0) is 10.7. The Labute approximate surface area is 97.6 Å². The molecule has 0 saturated heterocycles. The molecule has 14 heavy (non-hydrogen) atoms. The summed E-state index contributed by atoms with van der Waals surface area (Å²) < 4.78 is 0. The van der Waals surface area contributed by atoms with E-state index in [9.17, 15) is 4.79 Å². The maximum Gasteiger partial charge on any atom is 0.147 e. The Morgan fingerprint density at radius 2 is 2.21 bits per heavy atom.